The Labute approximate surface area is 130 Å². The Balaban J connectivity index is 1.79. The maximum absolute atomic E-state index is 12.7. The first-order chi connectivity index (χ1) is 9.95. The monoisotopic (exact) mass is 326 g/mol. The number of ether oxygens (including phenoxy) is 1. The van der Waals surface area contributed by atoms with Crippen molar-refractivity contribution in [2.75, 3.05) is 13.1 Å². The molecule has 2 heterocycles. The Bertz CT molecular complexity index is 631. The summed E-state index contributed by atoms with van der Waals surface area (Å²) in [6, 6.07) is 6.78. The fourth-order valence-electron chi connectivity index (χ4n) is 2.90. The van der Waals surface area contributed by atoms with Crippen LogP contribution in [0.3, 0.4) is 0 Å². The molecule has 2 unspecified atom stereocenters. The van der Waals surface area contributed by atoms with Gasteiger partial charge in [0.05, 0.1) is 22.1 Å². The van der Waals surface area contributed by atoms with Gasteiger partial charge in [-0.25, -0.2) is 8.42 Å². The number of benzene rings is 1. The molecule has 2 saturated heterocycles. The molecule has 5 nitrogen and oxygen atoms in total. The van der Waals surface area contributed by atoms with E-state index >= 15 is 0 Å². The topological polar surface area (TPSA) is 72.6 Å². The molecule has 2 N–H and O–H groups in total. The highest BCUT2D eigenvalue weighted by atomic mass is 32.2. The van der Waals surface area contributed by atoms with Crippen LogP contribution in [0.25, 0.3) is 0 Å². The first-order valence-corrected chi connectivity index (χ1v) is 8.83. The summed E-state index contributed by atoms with van der Waals surface area (Å²) in [6.07, 6.45) is 2.48. The van der Waals surface area contributed by atoms with E-state index in [1.165, 1.54) is 0 Å². The highest BCUT2D eigenvalue weighted by Gasteiger charge is 2.39. The Morgan fingerprint density at radius 1 is 1.24 bits per heavy atom. The van der Waals surface area contributed by atoms with E-state index in [-0.39, 0.29) is 12.2 Å². The third-order valence-electron chi connectivity index (χ3n) is 3.95. The van der Waals surface area contributed by atoms with Crippen molar-refractivity contribution in [3.8, 4) is 0 Å². The third kappa shape index (κ3) is 3.11. The van der Waals surface area contributed by atoms with Crippen LogP contribution in [-0.2, 0) is 21.2 Å². The summed E-state index contributed by atoms with van der Waals surface area (Å²) >= 11 is 4.86. The van der Waals surface area contributed by atoms with Crippen LogP contribution in [0.4, 0.5) is 0 Å². The highest BCUT2D eigenvalue weighted by molar-refractivity contribution is 7.89. The summed E-state index contributed by atoms with van der Waals surface area (Å²) < 4.78 is 32.5. The summed E-state index contributed by atoms with van der Waals surface area (Å²) in [5, 5.41) is 0. The van der Waals surface area contributed by atoms with Crippen molar-refractivity contribution < 1.29 is 13.2 Å². The zero-order valence-corrected chi connectivity index (χ0v) is 13.2. The molecule has 0 aliphatic carbocycles. The van der Waals surface area contributed by atoms with E-state index in [4.69, 9.17) is 22.7 Å². The van der Waals surface area contributed by atoms with Gasteiger partial charge in [-0.05, 0) is 30.5 Å². The number of rotatable bonds is 4. The van der Waals surface area contributed by atoms with E-state index < -0.39 is 10.0 Å². The summed E-state index contributed by atoms with van der Waals surface area (Å²) in [4.78, 5) is 0.714. The fraction of sp³-hybridized carbons (Fsp3) is 0.500. The van der Waals surface area contributed by atoms with Gasteiger partial charge < -0.3 is 10.5 Å². The van der Waals surface area contributed by atoms with Crippen molar-refractivity contribution in [2.24, 2.45) is 5.73 Å². The molecule has 2 atom stereocenters. The number of sulfonamides is 1. The lowest BCUT2D eigenvalue weighted by Gasteiger charge is -2.31. The van der Waals surface area contributed by atoms with Gasteiger partial charge in [0.25, 0.3) is 0 Å². The van der Waals surface area contributed by atoms with Gasteiger partial charge in [0, 0.05) is 19.5 Å². The summed E-state index contributed by atoms with van der Waals surface area (Å²) in [7, 11) is -3.44. The maximum atomic E-state index is 12.7. The molecule has 1 aromatic rings. The normalized spacial score (nSPS) is 25.9. The molecule has 0 spiro atoms. The van der Waals surface area contributed by atoms with Crippen molar-refractivity contribution in [1.82, 2.24) is 4.31 Å². The molecule has 0 aromatic heterocycles. The molecular weight excluding hydrogens is 308 g/mol. The van der Waals surface area contributed by atoms with Gasteiger partial charge in [-0.2, -0.15) is 4.31 Å². The van der Waals surface area contributed by atoms with Crippen molar-refractivity contribution in [3.63, 3.8) is 0 Å². The molecule has 0 radical (unpaired) electrons. The molecule has 2 aliphatic rings. The van der Waals surface area contributed by atoms with Crippen molar-refractivity contribution in [1.29, 1.82) is 0 Å². The lowest BCUT2D eigenvalue weighted by atomic mass is 10.1. The van der Waals surface area contributed by atoms with Gasteiger partial charge in [0.2, 0.25) is 10.0 Å². The van der Waals surface area contributed by atoms with Crippen LogP contribution in [0.5, 0.6) is 0 Å². The van der Waals surface area contributed by atoms with Crippen molar-refractivity contribution in [3.05, 3.63) is 29.8 Å². The minimum Gasteiger partial charge on any atom is -0.393 e. The lowest BCUT2D eigenvalue weighted by molar-refractivity contribution is -0.0114. The number of nitrogens with zero attached hydrogens (tertiary/aromatic N) is 1. The number of fused-ring (bicyclic) bond motifs is 2. The van der Waals surface area contributed by atoms with Crippen LogP contribution in [-0.4, -0.2) is 43.0 Å². The standard InChI is InChI=1S/C14H18N2O3S2/c15-14(20)7-10-1-5-13(6-2-10)21(17,18)16-8-11-3-4-12(9-16)19-11/h1-2,5-6,11-12H,3-4,7-9H2,(H2,15,20). The zero-order chi connectivity index (χ0) is 15.0. The molecule has 0 saturated carbocycles. The van der Waals surface area contributed by atoms with Gasteiger partial charge in [-0.1, -0.05) is 24.4 Å². The molecule has 2 fully saturated rings. The SMILES string of the molecule is NC(=S)Cc1ccc(S(=O)(=O)N2CC3CCC(C2)O3)cc1. The van der Waals surface area contributed by atoms with Gasteiger partial charge in [0.15, 0.2) is 0 Å². The highest BCUT2D eigenvalue weighted by Crippen LogP contribution is 2.29. The maximum Gasteiger partial charge on any atom is 0.243 e. The van der Waals surface area contributed by atoms with E-state index in [1.54, 1.807) is 28.6 Å². The predicted octanol–water partition coefficient (Wildman–Crippen LogP) is 1.07. The van der Waals surface area contributed by atoms with Gasteiger partial charge in [-0.15, -0.1) is 0 Å². The average molecular weight is 326 g/mol. The van der Waals surface area contributed by atoms with Crippen molar-refractivity contribution in [2.45, 2.75) is 36.4 Å². The van der Waals surface area contributed by atoms with Crippen LogP contribution >= 0.6 is 12.2 Å². The third-order valence-corrected chi connectivity index (χ3v) is 5.94. The number of morpholine rings is 1. The van der Waals surface area contributed by atoms with Crippen LogP contribution in [0.1, 0.15) is 18.4 Å². The first kappa shape index (κ1) is 14.9. The van der Waals surface area contributed by atoms with E-state index in [0.29, 0.717) is 29.4 Å². The van der Waals surface area contributed by atoms with Crippen LogP contribution in [0.15, 0.2) is 29.2 Å². The quantitative estimate of drug-likeness (QED) is 0.838. The minimum atomic E-state index is -3.44. The second-order valence-electron chi connectivity index (χ2n) is 5.57. The molecular formula is C14H18N2O3S2. The molecule has 2 aliphatic heterocycles. The van der Waals surface area contributed by atoms with E-state index in [1.807, 2.05) is 0 Å². The van der Waals surface area contributed by atoms with Crippen molar-refractivity contribution >= 4 is 27.2 Å². The van der Waals surface area contributed by atoms with Crippen LogP contribution in [0, 0.1) is 0 Å². The molecule has 3 rings (SSSR count). The Hall–Kier alpha value is -1.02. The largest absolute Gasteiger partial charge is 0.393 e. The summed E-state index contributed by atoms with van der Waals surface area (Å²) in [5.41, 5.74) is 6.41. The second kappa shape index (κ2) is 5.64. The predicted molar refractivity (Wildman–Crippen MR) is 83.6 cm³/mol. The number of thiocarbonyl (C=S) groups is 1. The van der Waals surface area contributed by atoms with Gasteiger partial charge in [0.1, 0.15) is 0 Å². The molecule has 2 bridgehead atoms. The lowest BCUT2D eigenvalue weighted by Crippen LogP contribution is -2.45. The van der Waals surface area contributed by atoms with Crippen LogP contribution in [0.2, 0.25) is 0 Å². The molecule has 21 heavy (non-hydrogen) atoms. The number of hydrogen-bond acceptors (Lipinski definition) is 4. The average Bonchev–Trinajstić information content (AvgIpc) is 2.77. The summed E-state index contributed by atoms with van der Waals surface area (Å²) in [6.45, 7) is 0.904. The minimum absolute atomic E-state index is 0.0485. The first-order valence-electron chi connectivity index (χ1n) is 6.98. The zero-order valence-electron chi connectivity index (χ0n) is 11.6. The number of hydrogen-bond donors (Lipinski definition) is 1. The Morgan fingerprint density at radius 3 is 2.33 bits per heavy atom. The van der Waals surface area contributed by atoms with Crippen LogP contribution < -0.4 is 5.73 Å². The second-order valence-corrected chi connectivity index (χ2v) is 8.03. The summed E-state index contributed by atoms with van der Waals surface area (Å²) in [5.74, 6) is 0. The van der Waals surface area contributed by atoms with E-state index in [2.05, 4.69) is 0 Å². The molecule has 1 aromatic carbocycles. The van der Waals surface area contributed by atoms with E-state index in [0.717, 1.165) is 18.4 Å². The molecule has 114 valence electrons. The Kier molecular flexibility index (Phi) is 4.00. The van der Waals surface area contributed by atoms with E-state index in [9.17, 15) is 8.42 Å². The molecule has 7 heteroatoms. The Morgan fingerprint density at radius 2 is 1.81 bits per heavy atom. The van der Waals surface area contributed by atoms with Gasteiger partial charge in [-0.3, -0.25) is 0 Å². The molecule has 0 amide bonds. The van der Waals surface area contributed by atoms with Gasteiger partial charge >= 0.3 is 0 Å². The smallest absolute Gasteiger partial charge is 0.243 e. The number of nitrogens with two attached hydrogens (primary N) is 1. The fourth-order valence-corrected chi connectivity index (χ4v) is 4.57.